The van der Waals surface area contributed by atoms with E-state index in [9.17, 15) is 0 Å². The lowest BCUT2D eigenvalue weighted by molar-refractivity contribution is 0.292. The molecule has 1 aromatic carbocycles. The number of rotatable bonds is 0. The van der Waals surface area contributed by atoms with E-state index in [4.69, 9.17) is 33.7 Å². The van der Waals surface area contributed by atoms with E-state index in [2.05, 4.69) is 5.32 Å². The molecule has 14 heavy (non-hydrogen) atoms. The van der Waals surface area contributed by atoms with Gasteiger partial charge in [0.2, 0.25) is 0 Å². The first kappa shape index (κ1) is 9.74. The highest BCUT2D eigenvalue weighted by molar-refractivity contribution is 6.41. The quantitative estimate of drug-likeness (QED) is 0.677. The molecule has 1 aliphatic heterocycles. The normalized spacial score (nSPS) is 19.5. The molecule has 0 saturated carbocycles. The molecule has 1 aliphatic rings. The van der Waals surface area contributed by atoms with Crippen LogP contribution in [-0.2, 0) is 0 Å². The van der Waals surface area contributed by atoms with E-state index in [1.165, 1.54) is 0 Å². The Morgan fingerprint density at radius 2 is 2.29 bits per heavy atom. The molecule has 0 fully saturated rings. The number of nitrogens with two attached hydrogens (primary N) is 1. The van der Waals surface area contributed by atoms with E-state index in [0.717, 1.165) is 5.69 Å². The van der Waals surface area contributed by atoms with Gasteiger partial charge in [-0.1, -0.05) is 23.2 Å². The summed E-state index contributed by atoms with van der Waals surface area (Å²) in [6, 6.07) is 1.90. The molecule has 0 radical (unpaired) electrons. The van der Waals surface area contributed by atoms with Crippen LogP contribution in [0.25, 0.3) is 0 Å². The number of ether oxygens (including phenoxy) is 1. The summed E-state index contributed by atoms with van der Waals surface area (Å²) in [5, 5.41) is 4.05. The molecule has 1 unspecified atom stereocenters. The maximum Gasteiger partial charge on any atom is 0.145 e. The third-order valence-electron chi connectivity index (χ3n) is 2.10. The van der Waals surface area contributed by atoms with Gasteiger partial charge in [0, 0.05) is 6.07 Å². The second kappa shape index (κ2) is 3.41. The largest absolute Gasteiger partial charge is 0.489 e. The first-order valence-electron chi connectivity index (χ1n) is 4.26. The van der Waals surface area contributed by atoms with Crippen molar-refractivity contribution in [2.24, 2.45) is 0 Å². The number of nitrogen functional groups attached to an aromatic ring is 1. The first-order chi connectivity index (χ1) is 6.59. The number of nitrogens with one attached hydrogen (secondary N) is 1. The highest BCUT2D eigenvalue weighted by Crippen LogP contribution is 2.43. The molecule has 0 spiro atoms. The monoisotopic (exact) mass is 232 g/mol. The van der Waals surface area contributed by atoms with Gasteiger partial charge in [-0.25, -0.2) is 0 Å². The van der Waals surface area contributed by atoms with Gasteiger partial charge in [0.15, 0.2) is 0 Å². The lowest BCUT2D eigenvalue weighted by atomic mass is 10.2. The maximum absolute atomic E-state index is 6.03. The summed E-state index contributed by atoms with van der Waals surface area (Å²) in [5.74, 6) is 0.660. The summed E-state index contributed by atoms with van der Waals surface area (Å²) in [6.45, 7) is 2.60. The van der Waals surface area contributed by atoms with Gasteiger partial charge in [0.25, 0.3) is 0 Å². The topological polar surface area (TPSA) is 47.3 Å². The zero-order valence-electron chi connectivity index (χ0n) is 7.60. The van der Waals surface area contributed by atoms with Crippen LogP contribution in [0.4, 0.5) is 11.4 Å². The predicted octanol–water partition coefficient (Wildman–Crippen LogP) is 2.77. The van der Waals surface area contributed by atoms with Crippen LogP contribution in [-0.4, -0.2) is 12.6 Å². The fraction of sp³-hybridized carbons (Fsp3) is 0.333. The standard InChI is InChI=1S/C9H10Cl2N2O/c1-4-3-14-6-2-5(10)8(12)7(11)9(6)13-4/h2,4,13H,3,12H2,1H3. The molecule has 1 aromatic rings. The average Bonchev–Trinajstić information content (AvgIpc) is 2.16. The van der Waals surface area contributed by atoms with Crippen LogP contribution in [0, 0.1) is 0 Å². The van der Waals surface area contributed by atoms with Crippen LogP contribution in [0.5, 0.6) is 5.75 Å². The van der Waals surface area contributed by atoms with Crippen molar-refractivity contribution in [2.75, 3.05) is 17.7 Å². The predicted molar refractivity (Wildman–Crippen MR) is 59.5 cm³/mol. The van der Waals surface area contributed by atoms with E-state index < -0.39 is 0 Å². The van der Waals surface area contributed by atoms with E-state index >= 15 is 0 Å². The van der Waals surface area contributed by atoms with Gasteiger partial charge in [0.1, 0.15) is 12.4 Å². The van der Waals surface area contributed by atoms with E-state index in [0.29, 0.717) is 28.1 Å². The van der Waals surface area contributed by atoms with Crippen molar-refractivity contribution in [1.29, 1.82) is 0 Å². The molecule has 0 bridgehead atoms. The van der Waals surface area contributed by atoms with Crippen LogP contribution >= 0.6 is 23.2 Å². The Labute approximate surface area is 92.1 Å². The van der Waals surface area contributed by atoms with Crippen molar-refractivity contribution in [1.82, 2.24) is 0 Å². The second-order valence-electron chi connectivity index (χ2n) is 3.32. The SMILES string of the molecule is CC1COc2cc(Cl)c(N)c(Cl)c2N1. The van der Waals surface area contributed by atoms with Crippen molar-refractivity contribution in [2.45, 2.75) is 13.0 Å². The second-order valence-corrected chi connectivity index (χ2v) is 4.10. The summed E-state index contributed by atoms with van der Waals surface area (Å²) < 4.78 is 5.47. The van der Waals surface area contributed by atoms with Crippen molar-refractivity contribution in [3.63, 3.8) is 0 Å². The molecule has 0 amide bonds. The first-order valence-corrected chi connectivity index (χ1v) is 5.02. The number of halogens is 2. The minimum atomic E-state index is 0.223. The molecule has 1 heterocycles. The molecule has 3 nitrogen and oxygen atoms in total. The summed E-state index contributed by atoms with van der Waals surface area (Å²) in [5.41, 5.74) is 6.81. The Balaban J connectivity index is 2.55. The number of benzene rings is 1. The van der Waals surface area contributed by atoms with Crippen LogP contribution in [0.2, 0.25) is 10.0 Å². The van der Waals surface area contributed by atoms with Crippen molar-refractivity contribution < 1.29 is 4.74 Å². The average molecular weight is 233 g/mol. The van der Waals surface area contributed by atoms with Gasteiger partial charge in [-0.2, -0.15) is 0 Å². The zero-order valence-corrected chi connectivity index (χ0v) is 9.12. The van der Waals surface area contributed by atoms with E-state index in [1.807, 2.05) is 6.92 Å². The number of anilines is 2. The van der Waals surface area contributed by atoms with E-state index in [-0.39, 0.29) is 6.04 Å². The van der Waals surface area contributed by atoms with Crippen molar-refractivity contribution in [3.8, 4) is 5.75 Å². The fourth-order valence-electron chi connectivity index (χ4n) is 1.36. The summed E-state index contributed by atoms with van der Waals surface area (Å²) in [7, 11) is 0. The number of hydrogen-bond acceptors (Lipinski definition) is 3. The van der Waals surface area contributed by atoms with Gasteiger partial charge in [-0.05, 0) is 6.92 Å². The zero-order chi connectivity index (χ0) is 10.3. The van der Waals surface area contributed by atoms with Crippen LogP contribution < -0.4 is 15.8 Å². The molecule has 5 heteroatoms. The summed E-state index contributed by atoms with van der Waals surface area (Å²) in [6.07, 6.45) is 0. The Kier molecular flexibility index (Phi) is 2.37. The minimum Gasteiger partial charge on any atom is -0.489 e. The molecular formula is C9H10Cl2N2O. The third kappa shape index (κ3) is 1.47. The molecule has 0 saturated heterocycles. The summed E-state index contributed by atoms with van der Waals surface area (Å²) >= 11 is 11.9. The number of fused-ring (bicyclic) bond motifs is 1. The van der Waals surface area contributed by atoms with Crippen LogP contribution in [0.1, 0.15) is 6.92 Å². The molecule has 0 aromatic heterocycles. The molecule has 1 atom stereocenters. The van der Waals surface area contributed by atoms with Crippen molar-refractivity contribution in [3.05, 3.63) is 16.1 Å². The molecule has 0 aliphatic carbocycles. The van der Waals surface area contributed by atoms with Gasteiger partial charge < -0.3 is 15.8 Å². The van der Waals surface area contributed by atoms with Crippen LogP contribution in [0.15, 0.2) is 6.07 Å². The molecule has 2 rings (SSSR count). The van der Waals surface area contributed by atoms with Gasteiger partial charge in [0.05, 0.1) is 27.5 Å². The molecule has 76 valence electrons. The number of hydrogen-bond donors (Lipinski definition) is 2. The van der Waals surface area contributed by atoms with Gasteiger partial charge in [-0.3, -0.25) is 0 Å². The van der Waals surface area contributed by atoms with Gasteiger partial charge >= 0.3 is 0 Å². The Morgan fingerprint density at radius 1 is 1.57 bits per heavy atom. The molecular weight excluding hydrogens is 223 g/mol. The van der Waals surface area contributed by atoms with Gasteiger partial charge in [-0.15, -0.1) is 0 Å². The lowest BCUT2D eigenvalue weighted by Crippen LogP contribution is -2.28. The maximum atomic E-state index is 6.03. The summed E-state index contributed by atoms with van der Waals surface area (Å²) in [4.78, 5) is 0. The van der Waals surface area contributed by atoms with Crippen molar-refractivity contribution >= 4 is 34.6 Å². The van der Waals surface area contributed by atoms with E-state index in [1.54, 1.807) is 6.07 Å². The van der Waals surface area contributed by atoms with Crippen LogP contribution in [0.3, 0.4) is 0 Å². The minimum absolute atomic E-state index is 0.223. The Hall–Kier alpha value is -0.800. The Morgan fingerprint density at radius 3 is 3.00 bits per heavy atom. The smallest absolute Gasteiger partial charge is 0.145 e. The molecule has 3 N–H and O–H groups in total. The fourth-order valence-corrected chi connectivity index (χ4v) is 1.86. The third-order valence-corrected chi connectivity index (χ3v) is 2.80. The Bertz CT molecular complexity index is 382. The highest BCUT2D eigenvalue weighted by Gasteiger charge is 2.21. The highest BCUT2D eigenvalue weighted by atomic mass is 35.5. The lowest BCUT2D eigenvalue weighted by Gasteiger charge is -2.26.